The molecule has 2 nitrogen and oxygen atoms in total. The van der Waals surface area contributed by atoms with Crippen molar-refractivity contribution in [3.8, 4) is 5.75 Å². The monoisotopic (exact) mass is 229 g/mol. The van der Waals surface area contributed by atoms with Gasteiger partial charge in [0.1, 0.15) is 5.75 Å². The number of nitrogens with two attached hydrogens (primary N) is 1. The van der Waals surface area contributed by atoms with Crippen LogP contribution in [0.4, 0.5) is 0 Å². The van der Waals surface area contributed by atoms with Crippen molar-refractivity contribution in [1.82, 2.24) is 0 Å². The first-order valence-electron chi connectivity index (χ1n) is 6.02. The van der Waals surface area contributed by atoms with E-state index in [1.54, 1.807) is 7.11 Å². The van der Waals surface area contributed by atoms with Crippen LogP contribution in [0, 0.1) is 0 Å². The smallest absolute Gasteiger partial charge is 0.122 e. The number of hydrogen-bond donors (Lipinski definition) is 1. The largest absolute Gasteiger partial charge is 0.496 e. The molecule has 0 bridgehead atoms. The zero-order chi connectivity index (χ0) is 12.3. The molecule has 0 radical (unpaired) electrons. The summed E-state index contributed by atoms with van der Waals surface area (Å²) in [6, 6.07) is 12.8. The maximum atomic E-state index is 5.84. The first-order chi connectivity index (χ1) is 8.22. The number of hydrogen-bond acceptors (Lipinski definition) is 2. The molecule has 0 aliphatic rings. The lowest BCUT2D eigenvalue weighted by atomic mass is 9.98. The molecule has 2 heteroatoms. The van der Waals surface area contributed by atoms with E-state index in [1.165, 1.54) is 16.3 Å². The van der Waals surface area contributed by atoms with Gasteiger partial charge < -0.3 is 10.5 Å². The molecule has 0 fully saturated rings. The van der Waals surface area contributed by atoms with Crippen molar-refractivity contribution in [3.05, 3.63) is 42.0 Å². The van der Waals surface area contributed by atoms with E-state index >= 15 is 0 Å². The van der Waals surface area contributed by atoms with Gasteiger partial charge in [-0.25, -0.2) is 0 Å². The first kappa shape index (κ1) is 11.9. The van der Waals surface area contributed by atoms with Gasteiger partial charge >= 0.3 is 0 Å². The van der Waals surface area contributed by atoms with Crippen molar-refractivity contribution < 1.29 is 4.74 Å². The molecule has 0 heterocycles. The Kier molecular flexibility index (Phi) is 3.64. The van der Waals surface area contributed by atoms with Crippen molar-refractivity contribution in [2.24, 2.45) is 5.73 Å². The highest BCUT2D eigenvalue weighted by Gasteiger charge is 2.08. The standard InChI is InChI=1S/C15H19NO/c1-11(16)7-9-14-13-6-4-3-5-12(13)8-10-15(14)17-2/h3-6,8,10-11H,7,9,16H2,1-2H3/t11-/m1/s1. The van der Waals surface area contributed by atoms with E-state index in [-0.39, 0.29) is 6.04 Å². The normalized spacial score (nSPS) is 12.6. The fraction of sp³-hybridized carbons (Fsp3) is 0.333. The van der Waals surface area contributed by atoms with Crippen molar-refractivity contribution in [3.63, 3.8) is 0 Å². The van der Waals surface area contributed by atoms with Gasteiger partial charge in [0.05, 0.1) is 7.11 Å². The molecule has 2 rings (SSSR count). The molecule has 0 aliphatic carbocycles. The minimum Gasteiger partial charge on any atom is -0.496 e. The summed E-state index contributed by atoms with van der Waals surface area (Å²) in [7, 11) is 1.72. The van der Waals surface area contributed by atoms with Gasteiger partial charge in [-0.15, -0.1) is 0 Å². The van der Waals surface area contributed by atoms with Gasteiger partial charge in [0.15, 0.2) is 0 Å². The second kappa shape index (κ2) is 5.19. The Labute approximate surface area is 102 Å². The topological polar surface area (TPSA) is 35.2 Å². The molecule has 17 heavy (non-hydrogen) atoms. The van der Waals surface area contributed by atoms with E-state index in [4.69, 9.17) is 10.5 Å². The summed E-state index contributed by atoms with van der Waals surface area (Å²) in [5, 5.41) is 2.53. The van der Waals surface area contributed by atoms with E-state index in [0.29, 0.717) is 0 Å². The molecule has 2 N–H and O–H groups in total. The second-order valence-corrected chi connectivity index (χ2v) is 4.48. The van der Waals surface area contributed by atoms with Crippen LogP contribution in [0.5, 0.6) is 5.75 Å². The predicted octanol–water partition coefficient (Wildman–Crippen LogP) is 3.13. The zero-order valence-electron chi connectivity index (χ0n) is 10.4. The second-order valence-electron chi connectivity index (χ2n) is 4.48. The van der Waals surface area contributed by atoms with E-state index in [0.717, 1.165) is 18.6 Å². The van der Waals surface area contributed by atoms with Crippen LogP contribution in [0.15, 0.2) is 36.4 Å². The lowest BCUT2D eigenvalue weighted by Crippen LogP contribution is -2.15. The molecule has 2 aromatic carbocycles. The van der Waals surface area contributed by atoms with E-state index in [9.17, 15) is 0 Å². The number of methoxy groups -OCH3 is 1. The van der Waals surface area contributed by atoms with Crippen molar-refractivity contribution in [2.45, 2.75) is 25.8 Å². The molecular weight excluding hydrogens is 210 g/mol. The summed E-state index contributed by atoms with van der Waals surface area (Å²) < 4.78 is 5.44. The lowest BCUT2D eigenvalue weighted by Gasteiger charge is -2.13. The van der Waals surface area contributed by atoms with E-state index in [1.807, 2.05) is 13.0 Å². The molecule has 0 saturated carbocycles. The average molecular weight is 229 g/mol. The third-order valence-electron chi connectivity index (χ3n) is 3.07. The Morgan fingerprint density at radius 1 is 1.18 bits per heavy atom. The maximum Gasteiger partial charge on any atom is 0.122 e. The third kappa shape index (κ3) is 2.59. The molecule has 0 saturated heterocycles. The molecule has 0 unspecified atom stereocenters. The summed E-state index contributed by atoms with van der Waals surface area (Å²) in [4.78, 5) is 0. The van der Waals surface area contributed by atoms with Crippen LogP contribution in [0.1, 0.15) is 18.9 Å². The SMILES string of the molecule is COc1ccc2ccccc2c1CC[C@@H](C)N. The molecule has 0 spiro atoms. The fourth-order valence-corrected chi connectivity index (χ4v) is 2.14. The molecule has 0 aliphatic heterocycles. The van der Waals surface area contributed by atoms with E-state index in [2.05, 4.69) is 30.3 Å². The zero-order valence-corrected chi connectivity index (χ0v) is 10.4. The van der Waals surface area contributed by atoms with Crippen molar-refractivity contribution in [2.75, 3.05) is 7.11 Å². The fourth-order valence-electron chi connectivity index (χ4n) is 2.14. The Morgan fingerprint density at radius 3 is 2.65 bits per heavy atom. The van der Waals surface area contributed by atoms with Gasteiger partial charge in [-0.1, -0.05) is 30.3 Å². The predicted molar refractivity (Wildman–Crippen MR) is 72.5 cm³/mol. The van der Waals surface area contributed by atoms with Crippen LogP contribution in [0.25, 0.3) is 10.8 Å². The number of benzene rings is 2. The summed E-state index contributed by atoms with van der Waals surface area (Å²) in [5.41, 5.74) is 7.10. The van der Waals surface area contributed by atoms with Gasteiger partial charge in [0.25, 0.3) is 0 Å². The Morgan fingerprint density at radius 2 is 1.94 bits per heavy atom. The molecule has 0 aromatic heterocycles. The summed E-state index contributed by atoms with van der Waals surface area (Å²) in [6.45, 7) is 2.04. The third-order valence-corrected chi connectivity index (χ3v) is 3.07. The molecular formula is C15H19NO. The Balaban J connectivity index is 2.47. The van der Waals surface area contributed by atoms with Crippen LogP contribution in [0.3, 0.4) is 0 Å². The highest BCUT2D eigenvalue weighted by atomic mass is 16.5. The van der Waals surface area contributed by atoms with Crippen LogP contribution >= 0.6 is 0 Å². The summed E-state index contributed by atoms with van der Waals surface area (Å²) in [5.74, 6) is 0.962. The number of rotatable bonds is 4. The van der Waals surface area contributed by atoms with Crippen LogP contribution in [-0.4, -0.2) is 13.2 Å². The first-order valence-corrected chi connectivity index (χ1v) is 6.02. The number of ether oxygens (including phenoxy) is 1. The summed E-state index contributed by atoms with van der Waals surface area (Å²) in [6.07, 6.45) is 1.94. The van der Waals surface area contributed by atoms with Crippen molar-refractivity contribution >= 4 is 10.8 Å². The minimum absolute atomic E-state index is 0.221. The van der Waals surface area contributed by atoms with Gasteiger partial charge in [0.2, 0.25) is 0 Å². The highest BCUT2D eigenvalue weighted by Crippen LogP contribution is 2.29. The maximum absolute atomic E-state index is 5.84. The number of aryl methyl sites for hydroxylation is 1. The minimum atomic E-state index is 0.221. The van der Waals surface area contributed by atoms with E-state index < -0.39 is 0 Å². The van der Waals surface area contributed by atoms with Crippen molar-refractivity contribution in [1.29, 1.82) is 0 Å². The van der Waals surface area contributed by atoms with Gasteiger partial charge in [0, 0.05) is 11.6 Å². The van der Waals surface area contributed by atoms with Gasteiger partial charge in [-0.05, 0) is 36.6 Å². The van der Waals surface area contributed by atoms with Gasteiger partial charge in [-0.3, -0.25) is 0 Å². The Hall–Kier alpha value is -1.54. The quantitative estimate of drug-likeness (QED) is 0.874. The molecule has 90 valence electrons. The van der Waals surface area contributed by atoms with Crippen LogP contribution in [0.2, 0.25) is 0 Å². The Bertz CT molecular complexity index is 505. The van der Waals surface area contributed by atoms with Crippen LogP contribution in [-0.2, 0) is 6.42 Å². The van der Waals surface area contributed by atoms with Crippen LogP contribution < -0.4 is 10.5 Å². The summed E-state index contributed by atoms with van der Waals surface area (Å²) >= 11 is 0. The molecule has 2 aromatic rings. The molecule has 0 amide bonds. The average Bonchev–Trinajstić information content (AvgIpc) is 2.35. The highest BCUT2D eigenvalue weighted by molar-refractivity contribution is 5.87. The lowest BCUT2D eigenvalue weighted by molar-refractivity contribution is 0.409. The molecule has 1 atom stereocenters. The number of fused-ring (bicyclic) bond motifs is 1. The van der Waals surface area contributed by atoms with Gasteiger partial charge in [-0.2, -0.15) is 0 Å².